The molecule has 2 aliphatic heterocycles. The number of nitrogens with two attached hydrogens (primary N) is 1. The summed E-state index contributed by atoms with van der Waals surface area (Å²) in [5, 5.41) is 20.6. The summed E-state index contributed by atoms with van der Waals surface area (Å²) >= 11 is 2.45. The molecule has 0 bridgehead atoms. The van der Waals surface area contributed by atoms with Gasteiger partial charge in [-0.25, -0.2) is 4.98 Å². The van der Waals surface area contributed by atoms with E-state index in [4.69, 9.17) is 15.3 Å². The van der Waals surface area contributed by atoms with Crippen LogP contribution < -0.4 is 20.7 Å². The van der Waals surface area contributed by atoms with Gasteiger partial charge < -0.3 is 30.5 Å². The van der Waals surface area contributed by atoms with E-state index in [1.54, 1.807) is 29.3 Å². The van der Waals surface area contributed by atoms with Gasteiger partial charge in [0.15, 0.2) is 29.0 Å². The van der Waals surface area contributed by atoms with E-state index in [1.807, 2.05) is 12.1 Å². The number of β-lactam (4-membered cyclic amide) rings is 1. The van der Waals surface area contributed by atoms with Crippen LogP contribution in [0.5, 0.6) is 0 Å². The van der Waals surface area contributed by atoms with E-state index in [0.717, 1.165) is 46.8 Å². The SMILES string of the molecule is CCC(=O)C[n+]1ccc(SCC2=C(C(=O)[O-])N3C(=O)[C@@H](NC(=O)/C(=N\OC4CCCC4)c4csc(N)n4)[C@H]3CO2)cc1. The van der Waals surface area contributed by atoms with E-state index in [-0.39, 0.29) is 58.8 Å². The zero-order chi connectivity index (χ0) is 29.8. The maximum absolute atomic E-state index is 13.2. The molecule has 0 spiro atoms. The molecule has 3 N–H and O–H groups in total. The van der Waals surface area contributed by atoms with Crippen molar-refractivity contribution >= 4 is 57.5 Å². The number of oxime groups is 1. The van der Waals surface area contributed by atoms with Crippen LogP contribution in [0.2, 0.25) is 0 Å². The lowest BCUT2D eigenvalue weighted by atomic mass is 9.92. The van der Waals surface area contributed by atoms with Gasteiger partial charge in [0.2, 0.25) is 6.54 Å². The Labute approximate surface area is 249 Å². The number of hydrogen-bond donors (Lipinski definition) is 2. The molecule has 13 nitrogen and oxygen atoms in total. The molecular formula is C27H30N6O7S2. The van der Waals surface area contributed by atoms with Gasteiger partial charge in [-0.2, -0.15) is 4.57 Å². The minimum atomic E-state index is -1.55. The number of carboxylic acids is 1. The summed E-state index contributed by atoms with van der Waals surface area (Å²) in [6.45, 7) is 2.06. The zero-order valence-electron chi connectivity index (χ0n) is 22.8. The van der Waals surface area contributed by atoms with Crippen molar-refractivity contribution in [2.75, 3.05) is 18.1 Å². The Bertz CT molecular complexity index is 1430. The fourth-order valence-corrected chi connectivity index (χ4v) is 6.28. The van der Waals surface area contributed by atoms with Crippen LogP contribution in [0.15, 0.2) is 51.4 Å². The Morgan fingerprint density at radius 1 is 1.31 bits per heavy atom. The first-order valence-electron chi connectivity index (χ1n) is 13.5. The summed E-state index contributed by atoms with van der Waals surface area (Å²) in [4.78, 5) is 61.8. The highest BCUT2D eigenvalue weighted by atomic mass is 32.2. The third kappa shape index (κ3) is 6.41. The minimum Gasteiger partial charge on any atom is -0.543 e. The maximum atomic E-state index is 13.2. The molecule has 2 fully saturated rings. The minimum absolute atomic E-state index is 0.0218. The molecule has 0 unspecified atom stereocenters. The Balaban J connectivity index is 1.26. The van der Waals surface area contributed by atoms with E-state index in [1.165, 1.54) is 11.8 Å². The lowest BCUT2D eigenvalue weighted by molar-refractivity contribution is -0.684. The van der Waals surface area contributed by atoms with Crippen LogP contribution in [0.1, 0.15) is 44.7 Å². The highest BCUT2D eigenvalue weighted by molar-refractivity contribution is 7.99. The second-order valence-electron chi connectivity index (χ2n) is 10.0. The van der Waals surface area contributed by atoms with Crippen LogP contribution in [0.25, 0.3) is 0 Å². The molecule has 1 saturated heterocycles. The van der Waals surface area contributed by atoms with Crippen LogP contribution in [-0.2, 0) is 35.3 Å². The van der Waals surface area contributed by atoms with Gasteiger partial charge in [0.05, 0.1) is 11.7 Å². The molecule has 15 heteroatoms. The molecule has 2 amide bonds. The van der Waals surface area contributed by atoms with Crippen molar-refractivity contribution in [3.8, 4) is 0 Å². The van der Waals surface area contributed by atoms with Crippen molar-refractivity contribution < 1.29 is 38.4 Å². The molecule has 1 aliphatic carbocycles. The number of amides is 2. The Hall–Kier alpha value is -3.98. The molecular weight excluding hydrogens is 584 g/mol. The van der Waals surface area contributed by atoms with Crippen molar-refractivity contribution in [1.29, 1.82) is 0 Å². The van der Waals surface area contributed by atoms with Crippen molar-refractivity contribution in [2.45, 2.75) is 68.7 Å². The summed E-state index contributed by atoms with van der Waals surface area (Å²) in [7, 11) is 0. The van der Waals surface area contributed by atoms with Gasteiger partial charge >= 0.3 is 0 Å². The third-order valence-electron chi connectivity index (χ3n) is 7.19. The van der Waals surface area contributed by atoms with Crippen LogP contribution in [0.3, 0.4) is 0 Å². The number of carbonyl (C=O) groups is 4. The zero-order valence-corrected chi connectivity index (χ0v) is 24.4. The quantitative estimate of drug-likeness (QED) is 0.110. The van der Waals surface area contributed by atoms with Crippen molar-refractivity contribution in [3.63, 3.8) is 0 Å². The lowest BCUT2D eigenvalue weighted by Crippen LogP contribution is -2.74. The number of hydrogen-bond acceptors (Lipinski definition) is 12. The average molecular weight is 615 g/mol. The monoisotopic (exact) mass is 614 g/mol. The number of rotatable bonds is 12. The van der Waals surface area contributed by atoms with Gasteiger partial charge in [0.1, 0.15) is 41.9 Å². The second kappa shape index (κ2) is 12.9. The summed E-state index contributed by atoms with van der Waals surface area (Å²) < 4.78 is 7.54. The van der Waals surface area contributed by atoms with E-state index in [9.17, 15) is 24.3 Å². The Morgan fingerprint density at radius 3 is 2.69 bits per heavy atom. The maximum Gasteiger partial charge on any atom is 0.276 e. The molecule has 0 radical (unpaired) electrons. The number of aliphatic carboxylic acids is 1. The Morgan fingerprint density at radius 2 is 2.05 bits per heavy atom. The summed E-state index contributed by atoms with van der Waals surface area (Å²) in [5.41, 5.74) is 5.49. The van der Waals surface area contributed by atoms with E-state index in [2.05, 4.69) is 15.5 Å². The Kier molecular flexibility index (Phi) is 9.06. The number of Topliss-reactive ketones (excluding diaryl/α,β-unsaturated/α-hetero) is 1. The first-order chi connectivity index (χ1) is 20.2. The summed E-state index contributed by atoms with van der Waals surface area (Å²) in [6.07, 6.45) is 7.57. The van der Waals surface area contributed by atoms with Gasteiger partial charge in [0, 0.05) is 28.8 Å². The van der Waals surface area contributed by atoms with Crippen LogP contribution in [-0.4, -0.2) is 69.7 Å². The van der Waals surface area contributed by atoms with Crippen LogP contribution in [0, 0.1) is 0 Å². The van der Waals surface area contributed by atoms with E-state index in [0.29, 0.717) is 6.42 Å². The topological polar surface area (TPSA) is 180 Å². The number of thiazole rings is 1. The molecule has 2 atom stereocenters. The van der Waals surface area contributed by atoms with E-state index >= 15 is 0 Å². The number of carbonyl (C=O) groups excluding carboxylic acids is 4. The highest BCUT2D eigenvalue weighted by Crippen LogP contribution is 2.34. The number of anilines is 1. The molecule has 222 valence electrons. The largest absolute Gasteiger partial charge is 0.543 e. The normalized spacial score (nSPS) is 20.5. The predicted molar refractivity (Wildman–Crippen MR) is 150 cm³/mol. The molecule has 5 rings (SSSR count). The van der Waals surface area contributed by atoms with Gasteiger partial charge in [-0.3, -0.25) is 19.3 Å². The van der Waals surface area contributed by atoms with Gasteiger partial charge in [-0.1, -0.05) is 12.1 Å². The molecule has 3 aliphatic rings. The number of fused-ring (bicyclic) bond motifs is 1. The lowest BCUT2D eigenvalue weighted by Gasteiger charge is -2.50. The molecule has 4 heterocycles. The summed E-state index contributed by atoms with van der Waals surface area (Å²) in [6, 6.07) is 1.84. The fourth-order valence-electron chi connectivity index (χ4n) is 4.90. The number of pyridine rings is 1. The number of nitrogens with one attached hydrogen (secondary N) is 1. The standard InChI is InChI=1S/C27H30N6O7S2/c1-2-15(34)11-32-9-7-17(8-10-32)41-14-20-23(26(37)38)33-19(12-39-20)22(25(33)36)30-24(35)21(18-13-42-27(28)29-18)31-40-16-5-3-4-6-16/h7-10,13,16,19,22H,2-6,11-12,14H2,1H3,(H3-,28,29,30,35,37,38)/b31-21-/t19-,22+/m1/s1. The third-order valence-corrected chi connectivity index (χ3v) is 8.88. The second-order valence-corrected chi connectivity index (χ2v) is 11.9. The van der Waals surface area contributed by atoms with Gasteiger partial charge in [0.25, 0.3) is 11.8 Å². The predicted octanol–water partition coefficient (Wildman–Crippen LogP) is 0.135. The van der Waals surface area contributed by atoms with Gasteiger partial charge in [-0.05, 0) is 25.7 Å². The highest BCUT2D eigenvalue weighted by Gasteiger charge is 2.53. The smallest absolute Gasteiger partial charge is 0.276 e. The number of carboxylic acid groups (broad SMARTS) is 1. The fraction of sp³-hybridized carbons (Fsp3) is 0.444. The number of ether oxygens (including phenoxy) is 1. The molecule has 2 aromatic rings. The average Bonchev–Trinajstić information content (AvgIpc) is 3.67. The number of aromatic nitrogens is 2. The number of ketones is 1. The van der Waals surface area contributed by atoms with Crippen molar-refractivity contribution in [3.05, 3.63) is 47.1 Å². The van der Waals surface area contributed by atoms with Crippen molar-refractivity contribution in [1.82, 2.24) is 15.2 Å². The number of thioether (sulfide) groups is 1. The van der Waals surface area contributed by atoms with Crippen molar-refractivity contribution in [2.24, 2.45) is 5.16 Å². The first-order valence-corrected chi connectivity index (χ1v) is 15.4. The van der Waals surface area contributed by atoms with Gasteiger partial charge in [-0.15, -0.1) is 23.1 Å². The number of nitrogen functional groups attached to an aromatic ring is 1. The van der Waals surface area contributed by atoms with E-state index < -0.39 is 29.9 Å². The van der Waals surface area contributed by atoms with Crippen LogP contribution >= 0.6 is 23.1 Å². The molecule has 2 aromatic heterocycles. The number of nitrogens with zero attached hydrogens (tertiary/aromatic N) is 4. The molecule has 42 heavy (non-hydrogen) atoms. The van der Waals surface area contributed by atoms with Crippen LogP contribution in [0.4, 0.5) is 5.13 Å². The summed E-state index contributed by atoms with van der Waals surface area (Å²) in [5.74, 6) is -2.51. The molecule has 1 saturated carbocycles. The first kappa shape index (κ1) is 29.5. The molecule has 0 aromatic carbocycles.